The van der Waals surface area contributed by atoms with Crippen LogP contribution >= 0.6 is 11.6 Å². The molecule has 0 radical (unpaired) electrons. The maximum absolute atomic E-state index is 9.88. The van der Waals surface area contributed by atoms with Crippen molar-refractivity contribution in [3.8, 4) is 0 Å². The SMILES string of the molecule is C=C(CCl)C[C@@]1(C)C[C@H](O)CN1C(C)(C)C. The fraction of sp³-hybridized carbons (Fsp3) is 0.846. The molecule has 0 spiro atoms. The van der Waals surface area contributed by atoms with Gasteiger partial charge in [0.15, 0.2) is 0 Å². The fourth-order valence-electron chi connectivity index (χ4n) is 2.95. The van der Waals surface area contributed by atoms with E-state index < -0.39 is 0 Å². The largest absolute Gasteiger partial charge is 0.392 e. The lowest BCUT2D eigenvalue weighted by Gasteiger charge is -2.44. The van der Waals surface area contributed by atoms with Gasteiger partial charge in [-0.2, -0.15) is 0 Å². The number of β-amino-alcohol motifs (C(OH)–C–C–N with tert-alkyl or cyclic N) is 1. The average Bonchev–Trinajstić information content (AvgIpc) is 2.40. The molecule has 2 nitrogen and oxygen atoms in total. The minimum Gasteiger partial charge on any atom is -0.392 e. The van der Waals surface area contributed by atoms with E-state index in [0.717, 1.165) is 25.0 Å². The van der Waals surface area contributed by atoms with Crippen LogP contribution in [-0.4, -0.2) is 39.6 Å². The van der Waals surface area contributed by atoms with Crippen LogP contribution in [0.5, 0.6) is 0 Å². The van der Waals surface area contributed by atoms with Crippen molar-refractivity contribution in [2.75, 3.05) is 12.4 Å². The van der Waals surface area contributed by atoms with E-state index in [1.807, 2.05) is 0 Å². The molecular formula is C13H24ClNO. The van der Waals surface area contributed by atoms with Crippen LogP contribution < -0.4 is 0 Å². The Hall–Kier alpha value is -0.0500. The molecule has 0 aromatic carbocycles. The van der Waals surface area contributed by atoms with E-state index in [9.17, 15) is 5.11 Å². The molecule has 0 aromatic rings. The maximum Gasteiger partial charge on any atom is 0.0685 e. The second-order valence-corrected chi connectivity index (χ2v) is 6.46. The zero-order valence-corrected chi connectivity index (χ0v) is 11.6. The highest BCUT2D eigenvalue weighted by atomic mass is 35.5. The van der Waals surface area contributed by atoms with Crippen molar-refractivity contribution in [2.24, 2.45) is 0 Å². The van der Waals surface area contributed by atoms with Crippen LogP contribution in [-0.2, 0) is 0 Å². The standard InChI is InChI=1S/C13H24ClNO/c1-10(8-14)6-13(5)7-11(16)9-15(13)12(2,3)4/h11,16H,1,6-9H2,2-5H3/t11-,13-/m0/s1. The average molecular weight is 246 g/mol. The molecule has 1 saturated heterocycles. The lowest BCUT2D eigenvalue weighted by Crippen LogP contribution is -2.52. The minimum atomic E-state index is -0.229. The van der Waals surface area contributed by atoms with Crippen molar-refractivity contribution < 1.29 is 5.11 Å². The lowest BCUT2D eigenvalue weighted by molar-refractivity contribution is 0.0525. The molecule has 1 rings (SSSR count). The van der Waals surface area contributed by atoms with Gasteiger partial charge in [0.2, 0.25) is 0 Å². The van der Waals surface area contributed by atoms with Crippen LogP contribution in [0.1, 0.15) is 40.5 Å². The van der Waals surface area contributed by atoms with Gasteiger partial charge in [-0.1, -0.05) is 12.2 Å². The molecule has 0 aromatic heterocycles. The highest BCUT2D eigenvalue weighted by Crippen LogP contribution is 2.39. The summed E-state index contributed by atoms with van der Waals surface area (Å²) >= 11 is 5.81. The van der Waals surface area contributed by atoms with Crippen LogP contribution in [0.25, 0.3) is 0 Å². The molecule has 0 unspecified atom stereocenters. The van der Waals surface area contributed by atoms with Gasteiger partial charge in [0, 0.05) is 23.5 Å². The van der Waals surface area contributed by atoms with Gasteiger partial charge >= 0.3 is 0 Å². The van der Waals surface area contributed by atoms with Crippen molar-refractivity contribution >= 4 is 11.6 Å². The van der Waals surface area contributed by atoms with Crippen molar-refractivity contribution in [3.63, 3.8) is 0 Å². The van der Waals surface area contributed by atoms with Crippen LogP contribution in [0.15, 0.2) is 12.2 Å². The Bertz CT molecular complexity index is 272. The van der Waals surface area contributed by atoms with Crippen LogP contribution in [0.2, 0.25) is 0 Å². The summed E-state index contributed by atoms with van der Waals surface area (Å²) in [7, 11) is 0. The Morgan fingerprint density at radius 2 is 2.12 bits per heavy atom. The monoisotopic (exact) mass is 245 g/mol. The number of rotatable bonds is 3. The molecule has 94 valence electrons. The van der Waals surface area contributed by atoms with E-state index in [-0.39, 0.29) is 17.2 Å². The van der Waals surface area contributed by atoms with E-state index in [4.69, 9.17) is 11.6 Å². The fourth-order valence-corrected chi connectivity index (χ4v) is 3.05. The molecule has 3 heteroatoms. The molecule has 0 amide bonds. The molecule has 1 aliphatic heterocycles. The van der Waals surface area contributed by atoms with Crippen LogP contribution in [0.4, 0.5) is 0 Å². The van der Waals surface area contributed by atoms with Gasteiger partial charge < -0.3 is 5.11 Å². The van der Waals surface area contributed by atoms with Gasteiger partial charge in [0.05, 0.1) is 6.10 Å². The molecule has 0 bridgehead atoms. The Labute approximate surface area is 104 Å². The van der Waals surface area contributed by atoms with Crippen LogP contribution in [0, 0.1) is 0 Å². The topological polar surface area (TPSA) is 23.5 Å². The third-order valence-corrected chi connectivity index (χ3v) is 3.73. The van der Waals surface area contributed by atoms with Gasteiger partial charge in [-0.15, -0.1) is 11.6 Å². The van der Waals surface area contributed by atoms with E-state index in [1.165, 1.54) is 0 Å². The second kappa shape index (κ2) is 4.67. The van der Waals surface area contributed by atoms with E-state index in [0.29, 0.717) is 5.88 Å². The van der Waals surface area contributed by atoms with Crippen molar-refractivity contribution in [1.29, 1.82) is 0 Å². The first-order chi connectivity index (χ1) is 7.19. The molecule has 1 aliphatic rings. The summed E-state index contributed by atoms with van der Waals surface area (Å²) in [6.07, 6.45) is 1.44. The molecule has 1 N–H and O–H groups in total. The first kappa shape index (κ1) is 14.0. The Morgan fingerprint density at radius 1 is 1.56 bits per heavy atom. The molecule has 16 heavy (non-hydrogen) atoms. The zero-order valence-electron chi connectivity index (χ0n) is 10.9. The number of halogens is 1. The molecule has 2 atom stereocenters. The third-order valence-electron chi connectivity index (χ3n) is 3.35. The van der Waals surface area contributed by atoms with Crippen molar-refractivity contribution in [3.05, 3.63) is 12.2 Å². The minimum absolute atomic E-state index is 0.0103. The summed E-state index contributed by atoms with van der Waals surface area (Å²) in [4.78, 5) is 2.38. The highest BCUT2D eigenvalue weighted by molar-refractivity contribution is 6.19. The summed E-state index contributed by atoms with van der Waals surface area (Å²) in [6, 6.07) is 0. The first-order valence-corrected chi connectivity index (χ1v) is 6.41. The predicted molar refractivity (Wildman–Crippen MR) is 70.0 cm³/mol. The summed E-state index contributed by atoms with van der Waals surface area (Å²) in [5, 5.41) is 9.88. The second-order valence-electron chi connectivity index (χ2n) is 6.20. The number of hydrogen-bond acceptors (Lipinski definition) is 2. The van der Waals surface area contributed by atoms with Crippen LogP contribution in [0.3, 0.4) is 0 Å². The predicted octanol–water partition coefficient (Wildman–Crippen LogP) is 2.80. The molecule has 0 saturated carbocycles. The van der Waals surface area contributed by atoms with Gasteiger partial charge in [0.25, 0.3) is 0 Å². The summed E-state index contributed by atoms with van der Waals surface area (Å²) in [6.45, 7) is 13.5. The third kappa shape index (κ3) is 2.99. The zero-order chi connectivity index (χ0) is 12.6. The van der Waals surface area contributed by atoms with Gasteiger partial charge in [0.1, 0.15) is 0 Å². The number of likely N-dealkylation sites (tertiary alicyclic amines) is 1. The number of aliphatic hydroxyl groups excluding tert-OH is 1. The Balaban J connectivity index is 2.86. The van der Waals surface area contributed by atoms with E-state index in [1.54, 1.807) is 0 Å². The quantitative estimate of drug-likeness (QED) is 0.611. The van der Waals surface area contributed by atoms with Gasteiger partial charge in [-0.05, 0) is 40.5 Å². The lowest BCUT2D eigenvalue weighted by atomic mass is 9.87. The molecule has 1 fully saturated rings. The summed E-state index contributed by atoms with van der Waals surface area (Å²) in [5.74, 6) is 0.504. The number of alkyl halides is 1. The number of aliphatic hydroxyl groups is 1. The highest BCUT2D eigenvalue weighted by Gasteiger charge is 2.45. The summed E-state index contributed by atoms with van der Waals surface area (Å²) < 4.78 is 0. The summed E-state index contributed by atoms with van der Waals surface area (Å²) in [5.41, 5.74) is 1.11. The van der Waals surface area contributed by atoms with Gasteiger partial charge in [-0.25, -0.2) is 0 Å². The smallest absolute Gasteiger partial charge is 0.0685 e. The first-order valence-electron chi connectivity index (χ1n) is 5.87. The van der Waals surface area contributed by atoms with E-state index in [2.05, 4.69) is 39.2 Å². The maximum atomic E-state index is 9.88. The Morgan fingerprint density at radius 3 is 2.56 bits per heavy atom. The van der Waals surface area contributed by atoms with Crippen molar-refractivity contribution in [1.82, 2.24) is 4.90 Å². The normalized spacial score (nSPS) is 32.0. The number of hydrogen-bond donors (Lipinski definition) is 1. The molecular weight excluding hydrogens is 222 g/mol. The molecule has 0 aliphatic carbocycles. The Kier molecular flexibility index (Phi) is 4.09. The van der Waals surface area contributed by atoms with Crippen molar-refractivity contribution in [2.45, 2.75) is 57.7 Å². The van der Waals surface area contributed by atoms with E-state index >= 15 is 0 Å². The number of nitrogens with zero attached hydrogens (tertiary/aromatic N) is 1. The van der Waals surface area contributed by atoms with Gasteiger partial charge in [-0.3, -0.25) is 4.90 Å². The molecule has 1 heterocycles.